The van der Waals surface area contributed by atoms with E-state index in [4.69, 9.17) is 0 Å². The average molecular weight is 724 g/mol. The molecular weight excluding hydrogens is 683 g/mol. The summed E-state index contributed by atoms with van der Waals surface area (Å²) in [5.74, 6) is -2.66. The Labute approximate surface area is 268 Å². The van der Waals surface area contributed by atoms with Crippen molar-refractivity contribution in [1.29, 1.82) is 0 Å². The zero-order valence-electron chi connectivity index (χ0n) is 25.3. The van der Waals surface area contributed by atoms with E-state index in [-0.39, 0.29) is 53.2 Å². The first-order valence-electron chi connectivity index (χ1n) is 13.9. The van der Waals surface area contributed by atoms with Crippen LogP contribution in [-0.4, -0.2) is 62.6 Å². The summed E-state index contributed by atoms with van der Waals surface area (Å²) < 4.78 is 52.3. The molecule has 10 nitrogen and oxygen atoms in total. The molecule has 0 unspecified atom stereocenters. The van der Waals surface area contributed by atoms with Crippen LogP contribution in [0, 0.1) is 0 Å². The summed E-state index contributed by atoms with van der Waals surface area (Å²) in [4.78, 5) is 22.4. The number of hydrogen-bond acceptors (Lipinski definition) is 8. The maximum atomic E-state index is 12.5. The Balaban J connectivity index is 0.000000293. The number of nitrogens with zero attached hydrogens (tertiary/aromatic N) is 2. The summed E-state index contributed by atoms with van der Waals surface area (Å²) in [5, 5.41) is 22.1. The fourth-order valence-electron chi connectivity index (χ4n) is 5.05. The van der Waals surface area contributed by atoms with Crippen LogP contribution in [0.4, 0.5) is 0 Å². The van der Waals surface area contributed by atoms with Crippen molar-refractivity contribution in [3.8, 4) is 0 Å². The summed E-state index contributed by atoms with van der Waals surface area (Å²) in [7, 11) is -7.57. The van der Waals surface area contributed by atoms with Crippen LogP contribution < -0.4 is 10.2 Å². The van der Waals surface area contributed by atoms with Gasteiger partial charge in [0.05, 0.1) is 33.8 Å². The third-order valence-electron chi connectivity index (χ3n) is 7.61. The van der Waals surface area contributed by atoms with E-state index in [1.165, 1.54) is 0 Å². The minimum Gasteiger partial charge on any atom is -0.548 e. The predicted octanol–water partition coefficient (Wildman–Crippen LogP) is 1.77. The first-order chi connectivity index (χ1) is 19.3. The van der Waals surface area contributed by atoms with Crippen LogP contribution in [0.2, 0.25) is 0 Å². The zero-order valence-corrected chi connectivity index (χ0v) is 28.6. The van der Waals surface area contributed by atoms with E-state index in [9.17, 15) is 36.6 Å². The molecule has 0 aliphatic carbocycles. The summed E-state index contributed by atoms with van der Waals surface area (Å²) in [5.41, 5.74) is 1.92. The van der Waals surface area contributed by atoms with Gasteiger partial charge in [-0.3, -0.25) is 0 Å². The Morgan fingerprint density at radius 2 is 0.907 bits per heavy atom. The van der Waals surface area contributed by atoms with Gasteiger partial charge in [-0.2, -0.15) is 8.61 Å². The van der Waals surface area contributed by atoms with Crippen molar-refractivity contribution in [1.82, 2.24) is 8.61 Å². The molecule has 2 aliphatic heterocycles. The molecule has 0 saturated carbocycles. The Morgan fingerprint density at radius 3 is 1.14 bits per heavy atom. The Hall–Kier alpha value is -2.18. The van der Waals surface area contributed by atoms with Gasteiger partial charge in [0, 0.05) is 13.1 Å². The summed E-state index contributed by atoms with van der Waals surface area (Å²) >= 11 is 0. The largest absolute Gasteiger partial charge is 2.00 e. The van der Waals surface area contributed by atoms with Gasteiger partial charge in [0.2, 0.25) is 20.0 Å². The minimum absolute atomic E-state index is 0. The van der Waals surface area contributed by atoms with Gasteiger partial charge in [0.15, 0.2) is 0 Å². The standard InChI is InChI=1S/2C15H21NO4S.Rh/c2*1-15(2,3)11-6-8-12(9-7-11)21(19,20)16-10-4-5-13(16)14(17)18;/h2*6-9,13H,4-5,10H2,1-3H3,(H,17,18);/q;;+2/p-2/t2*13-;/m00./s1. The number of hydrogen-bond donors (Lipinski definition) is 0. The predicted molar refractivity (Wildman–Crippen MR) is 154 cm³/mol. The Kier molecular flexibility index (Phi) is 11.9. The van der Waals surface area contributed by atoms with Crippen LogP contribution in [0.25, 0.3) is 0 Å². The number of carbonyl (C=O) groups is 2. The number of carboxylic acids is 2. The molecule has 2 saturated heterocycles. The molecule has 2 aliphatic rings. The van der Waals surface area contributed by atoms with Gasteiger partial charge in [-0.05, 0) is 71.9 Å². The number of benzene rings is 2. The molecule has 0 bridgehead atoms. The molecular formula is C30H40N2O8RhS2. The second-order valence-corrected chi connectivity index (χ2v) is 16.5. The van der Waals surface area contributed by atoms with E-state index in [0.29, 0.717) is 25.7 Å². The second kappa shape index (κ2) is 13.9. The molecule has 43 heavy (non-hydrogen) atoms. The topological polar surface area (TPSA) is 155 Å². The average Bonchev–Trinajstić information content (AvgIpc) is 3.59. The fourth-order valence-corrected chi connectivity index (χ4v) is 8.34. The Bertz CT molecular complexity index is 1380. The summed E-state index contributed by atoms with van der Waals surface area (Å²) in [6, 6.07) is 11.2. The molecule has 0 amide bonds. The molecule has 1 radical (unpaired) electrons. The van der Waals surface area contributed by atoms with E-state index < -0.39 is 44.1 Å². The van der Waals surface area contributed by atoms with Crippen molar-refractivity contribution in [2.24, 2.45) is 0 Å². The molecule has 239 valence electrons. The van der Waals surface area contributed by atoms with Gasteiger partial charge in [0.1, 0.15) is 0 Å². The van der Waals surface area contributed by atoms with Crippen molar-refractivity contribution in [3.63, 3.8) is 0 Å². The van der Waals surface area contributed by atoms with Gasteiger partial charge in [-0.15, -0.1) is 0 Å². The maximum Gasteiger partial charge on any atom is 2.00 e. The summed E-state index contributed by atoms with van der Waals surface area (Å²) in [6.45, 7) is 12.7. The quantitative estimate of drug-likeness (QED) is 0.409. The normalized spacial score (nSPS) is 20.1. The third-order valence-corrected chi connectivity index (χ3v) is 11.5. The summed E-state index contributed by atoms with van der Waals surface area (Å²) in [6.07, 6.45) is 1.69. The van der Waals surface area contributed by atoms with Crippen molar-refractivity contribution in [3.05, 3.63) is 59.7 Å². The van der Waals surface area contributed by atoms with Crippen molar-refractivity contribution >= 4 is 32.0 Å². The van der Waals surface area contributed by atoms with E-state index in [2.05, 4.69) is 0 Å². The third kappa shape index (κ3) is 8.51. The SMILES string of the molecule is CC(C)(C)c1ccc(S(=O)(=O)N2CCC[C@H]2C(=O)[O-])cc1.CC(C)(C)c1ccc(S(=O)(=O)N2CCC[C@H]2C(=O)[O-])cc1.[Rh+2]. The van der Waals surface area contributed by atoms with Crippen LogP contribution in [-0.2, 0) is 59.9 Å². The number of carbonyl (C=O) groups excluding carboxylic acids is 2. The van der Waals surface area contributed by atoms with Crippen LogP contribution in [0.5, 0.6) is 0 Å². The monoisotopic (exact) mass is 723 g/mol. The number of aliphatic carboxylic acids is 2. The molecule has 4 rings (SSSR count). The van der Waals surface area contributed by atoms with Gasteiger partial charge >= 0.3 is 19.5 Å². The molecule has 2 aromatic carbocycles. The Morgan fingerprint density at radius 1 is 0.628 bits per heavy atom. The molecule has 2 atom stereocenters. The molecule has 2 heterocycles. The molecule has 0 aromatic heterocycles. The van der Waals surface area contributed by atoms with Crippen molar-refractivity contribution in [2.75, 3.05) is 13.1 Å². The molecule has 2 aromatic rings. The van der Waals surface area contributed by atoms with Crippen LogP contribution in [0.1, 0.15) is 78.4 Å². The van der Waals surface area contributed by atoms with Gasteiger partial charge < -0.3 is 19.8 Å². The van der Waals surface area contributed by atoms with Crippen LogP contribution in [0.15, 0.2) is 58.3 Å². The maximum absolute atomic E-state index is 12.5. The minimum atomic E-state index is -3.78. The van der Waals surface area contributed by atoms with E-state index in [1.54, 1.807) is 48.5 Å². The fraction of sp³-hybridized carbons (Fsp3) is 0.533. The second-order valence-electron chi connectivity index (χ2n) is 12.7. The van der Waals surface area contributed by atoms with Crippen molar-refractivity contribution in [2.45, 2.75) is 99.9 Å². The smallest absolute Gasteiger partial charge is 0.548 e. The first-order valence-corrected chi connectivity index (χ1v) is 16.8. The van der Waals surface area contributed by atoms with E-state index in [0.717, 1.165) is 19.7 Å². The van der Waals surface area contributed by atoms with Crippen molar-refractivity contribution < 1.29 is 56.1 Å². The molecule has 2 fully saturated rings. The zero-order chi connectivity index (χ0) is 31.7. The molecule has 13 heteroatoms. The molecule has 0 N–H and O–H groups in total. The van der Waals surface area contributed by atoms with Gasteiger partial charge in [0.25, 0.3) is 0 Å². The van der Waals surface area contributed by atoms with Crippen LogP contribution >= 0.6 is 0 Å². The number of rotatable bonds is 6. The molecule has 0 spiro atoms. The van der Waals surface area contributed by atoms with Gasteiger partial charge in [-0.1, -0.05) is 65.8 Å². The number of sulfonamides is 2. The first kappa shape index (κ1) is 37.0. The van der Waals surface area contributed by atoms with E-state index >= 15 is 0 Å². The van der Waals surface area contributed by atoms with E-state index in [1.807, 2.05) is 41.5 Å². The van der Waals surface area contributed by atoms with Gasteiger partial charge in [-0.25, -0.2) is 16.8 Å². The number of carboxylic acid groups (broad SMARTS) is 2. The van der Waals surface area contributed by atoms with Crippen LogP contribution in [0.3, 0.4) is 0 Å².